The van der Waals surface area contributed by atoms with Crippen LogP contribution in [0.2, 0.25) is 0 Å². The molecule has 5 aliphatic rings. The van der Waals surface area contributed by atoms with Crippen LogP contribution in [0, 0.1) is 50.7 Å². The van der Waals surface area contributed by atoms with Crippen molar-refractivity contribution < 1.29 is 9.90 Å². The highest BCUT2D eigenvalue weighted by molar-refractivity contribution is 5.86. The Hall–Kier alpha value is -0.630. The molecular formula is C30H48O2. The second-order valence-electron chi connectivity index (χ2n) is 14.3. The maximum atomic E-state index is 12.8. The lowest BCUT2D eigenvalue weighted by Gasteiger charge is -2.62. The molecule has 5 fully saturated rings. The summed E-state index contributed by atoms with van der Waals surface area (Å²) in [7, 11) is 0. The Labute approximate surface area is 197 Å². The van der Waals surface area contributed by atoms with E-state index in [1.54, 1.807) is 0 Å². The molecule has 9 atom stereocenters. The maximum Gasteiger partial charge on any atom is 0.138 e. The summed E-state index contributed by atoms with van der Waals surface area (Å²) in [5.74, 6) is 3.29. The van der Waals surface area contributed by atoms with Gasteiger partial charge in [0.25, 0.3) is 0 Å². The zero-order chi connectivity index (χ0) is 23.3. The van der Waals surface area contributed by atoms with E-state index in [0.29, 0.717) is 39.3 Å². The van der Waals surface area contributed by atoms with Gasteiger partial charge >= 0.3 is 0 Å². The lowest BCUT2D eigenvalue weighted by atomic mass is 9.42. The summed E-state index contributed by atoms with van der Waals surface area (Å²) in [5.41, 5.74) is 2.93. The lowest BCUT2D eigenvalue weighted by molar-refractivity contribution is -0.157. The van der Waals surface area contributed by atoms with E-state index in [-0.39, 0.29) is 11.5 Å². The number of allylic oxidation sites excluding steroid dienone is 1. The van der Waals surface area contributed by atoms with Gasteiger partial charge in [-0.3, -0.25) is 4.79 Å². The normalized spacial score (nSPS) is 50.4. The molecule has 5 aliphatic carbocycles. The van der Waals surface area contributed by atoms with Crippen LogP contribution in [0.15, 0.2) is 11.6 Å². The van der Waals surface area contributed by atoms with Crippen LogP contribution in [-0.4, -0.2) is 17.0 Å². The second-order valence-corrected chi connectivity index (χ2v) is 14.3. The van der Waals surface area contributed by atoms with Gasteiger partial charge in [-0.05, 0) is 117 Å². The minimum atomic E-state index is -0.301. The van der Waals surface area contributed by atoms with Crippen molar-refractivity contribution in [3.05, 3.63) is 11.6 Å². The molecular weight excluding hydrogens is 392 g/mol. The van der Waals surface area contributed by atoms with Gasteiger partial charge in [0, 0.05) is 11.8 Å². The van der Waals surface area contributed by atoms with Gasteiger partial charge in [0.2, 0.25) is 0 Å². The monoisotopic (exact) mass is 440 g/mol. The molecule has 0 aromatic rings. The highest BCUT2D eigenvalue weighted by atomic mass is 16.3. The fourth-order valence-corrected chi connectivity index (χ4v) is 11.1. The average Bonchev–Trinajstić information content (AvgIpc) is 3.27. The van der Waals surface area contributed by atoms with Gasteiger partial charge in [-0.25, -0.2) is 0 Å². The predicted molar refractivity (Wildman–Crippen MR) is 131 cm³/mol. The largest absolute Gasteiger partial charge is 0.389 e. The molecule has 0 aromatic carbocycles. The van der Waals surface area contributed by atoms with E-state index in [4.69, 9.17) is 0 Å². The number of fused-ring (bicyclic) bond motifs is 2. The fraction of sp³-hybridized carbons (Fsp3) is 0.900. The topological polar surface area (TPSA) is 37.3 Å². The van der Waals surface area contributed by atoms with Crippen LogP contribution >= 0.6 is 0 Å². The molecule has 32 heavy (non-hydrogen) atoms. The number of hydrogen-bond acceptors (Lipinski definition) is 2. The maximum absolute atomic E-state index is 12.8. The van der Waals surface area contributed by atoms with Crippen LogP contribution in [0.25, 0.3) is 0 Å². The Morgan fingerprint density at radius 3 is 2.31 bits per heavy atom. The van der Waals surface area contributed by atoms with Crippen LogP contribution in [0.1, 0.15) is 113 Å². The van der Waals surface area contributed by atoms with Crippen molar-refractivity contribution in [2.45, 2.75) is 119 Å². The third-order valence-electron chi connectivity index (χ3n) is 12.7. The highest BCUT2D eigenvalue weighted by Gasteiger charge is 2.82. The number of carbonyl (C=O) groups excluding carboxylic acids is 1. The molecule has 5 rings (SSSR count). The smallest absolute Gasteiger partial charge is 0.138 e. The zero-order valence-electron chi connectivity index (χ0n) is 21.9. The van der Waals surface area contributed by atoms with Crippen LogP contribution in [0.4, 0.5) is 0 Å². The van der Waals surface area contributed by atoms with Crippen molar-refractivity contribution in [3.8, 4) is 0 Å². The molecule has 0 radical (unpaired) electrons. The van der Waals surface area contributed by atoms with Crippen molar-refractivity contribution >= 4 is 5.78 Å². The van der Waals surface area contributed by atoms with E-state index < -0.39 is 0 Å². The first-order valence-corrected chi connectivity index (χ1v) is 13.7. The van der Waals surface area contributed by atoms with Crippen LogP contribution in [0.5, 0.6) is 0 Å². The van der Waals surface area contributed by atoms with Crippen molar-refractivity contribution in [1.29, 1.82) is 0 Å². The number of Topliss-reactive ketones (excluding diaryl/α,β-unsaturated/α-hetero) is 1. The van der Waals surface area contributed by atoms with E-state index in [1.807, 2.05) is 6.08 Å². The minimum Gasteiger partial charge on any atom is -0.389 e. The Morgan fingerprint density at radius 2 is 1.62 bits per heavy atom. The van der Waals surface area contributed by atoms with E-state index in [2.05, 4.69) is 48.5 Å². The number of rotatable bonds is 4. The molecule has 0 aliphatic heterocycles. The number of aliphatic hydroxyl groups excluding tert-OH is 1. The Bertz CT molecular complexity index is 836. The summed E-state index contributed by atoms with van der Waals surface area (Å²) < 4.78 is 0. The summed E-state index contributed by atoms with van der Waals surface area (Å²) in [4.78, 5) is 12.8. The summed E-state index contributed by atoms with van der Waals surface area (Å²) in [6, 6.07) is 0. The molecule has 180 valence electrons. The van der Waals surface area contributed by atoms with Crippen molar-refractivity contribution in [3.63, 3.8) is 0 Å². The summed E-state index contributed by atoms with van der Waals surface area (Å²) in [6.45, 7) is 16.4. The van der Waals surface area contributed by atoms with Crippen LogP contribution in [-0.2, 0) is 4.79 Å². The quantitative estimate of drug-likeness (QED) is 0.464. The van der Waals surface area contributed by atoms with Crippen LogP contribution in [0.3, 0.4) is 0 Å². The Morgan fingerprint density at radius 1 is 0.969 bits per heavy atom. The van der Waals surface area contributed by atoms with Gasteiger partial charge < -0.3 is 5.11 Å². The van der Waals surface area contributed by atoms with Gasteiger partial charge in [0.1, 0.15) is 5.78 Å². The average molecular weight is 441 g/mol. The van der Waals surface area contributed by atoms with Gasteiger partial charge in [-0.1, -0.05) is 46.3 Å². The lowest BCUT2D eigenvalue weighted by Crippen LogP contribution is -2.57. The zero-order valence-corrected chi connectivity index (χ0v) is 21.9. The standard InChI is InChI=1S/C30H48O2/c1-19(2)16-21(31)17-20(3)22-10-12-28(7)24-9-8-23-26(4,5)25(32)11-13-29(23)18-30(24,29)15-14-27(22,28)6/h16,20-24,31H,8-15,17-18H2,1-7H3/t20-,21+,22-,23+,24+,27-,28+,29-,30+/m1/s1. The molecule has 1 N–H and O–H groups in total. The molecule has 2 heteroatoms. The van der Waals surface area contributed by atoms with Crippen molar-refractivity contribution in [1.82, 2.24) is 0 Å². The van der Waals surface area contributed by atoms with Crippen molar-refractivity contribution in [2.24, 2.45) is 50.7 Å². The highest BCUT2D eigenvalue weighted by Crippen LogP contribution is 2.88. The van der Waals surface area contributed by atoms with Crippen molar-refractivity contribution in [2.75, 3.05) is 0 Å². The van der Waals surface area contributed by atoms with Gasteiger partial charge in [-0.15, -0.1) is 0 Å². The third kappa shape index (κ3) is 2.71. The first-order valence-electron chi connectivity index (χ1n) is 13.7. The van der Waals surface area contributed by atoms with E-state index in [1.165, 1.54) is 56.9 Å². The number of aliphatic hydroxyl groups is 1. The molecule has 0 amide bonds. The second kappa shape index (κ2) is 6.96. The van der Waals surface area contributed by atoms with Gasteiger partial charge in [-0.2, -0.15) is 0 Å². The van der Waals surface area contributed by atoms with E-state index >= 15 is 0 Å². The molecule has 0 saturated heterocycles. The molecule has 0 heterocycles. The summed E-state index contributed by atoms with van der Waals surface area (Å²) >= 11 is 0. The first kappa shape index (κ1) is 23.1. The molecule has 0 unspecified atom stereocenters. The minimum absolute atomic E-state index is 0.109. The molecule has 0 bridgehead atoms. The number of ketones is 1. The molecule has 5 saturated carbocycles. The van der Waals surface area contributed by atoms with Crippen LogP contribution < -0.4 is 0 Å². The van der Waals surface area contributed by atoms with E-state index in [9.17, 15) is 9.90 Å². The SMILES string of the molecule is CC(C)=C[C@H](O)C[C@@H](C)[C@H]1CC[C@@]2(C)[C@@H]3CC[C@H]4C(C)(C)C(=O)CC[C@@]45C[C@@]35CC[C@]12C. The molecule has 2 nitrogen and oxygen atoms in total. The van der Waals surface area contributed by atoms with Gasteiger partial charge in [0.05, 0.1) is 6.10 Å². The fourth-order valence-electron chi connectivity index (χ4n) is 11.1. The predicted octanol–water partition coefficient (Wildman–Crippen LogP) is 7.35. The summed E-state index contributed by atoms with van der Waals surface area (Å²) in [5, 5.41) is 10.6. The number of carbonyl (C=O) groups is 1. The molecule has 2 spiro atoms. The molecule has 0 aromatic heterocycles. The Kier molecular flexibility index (Phi) is 5.03. The summed E-state index contributed by atoms with van der Waals surface area (Å²) in [6.07, 6.45) is 14.1. The Balaban J connectivity index is 1.42. The third-order valence-corrected chi connectivity index (χ3v) is 12.7. The van der Waals surface area contributed by atoms with E-state index in [0.717, 1.165) is 24.7 Å². The first-order chi connectivity index (χ1) is 14.8. The number of hydrogen-bond donors (Lipinski definition) is 1. The van der Waals surface area contributed by atoms with Gasteiger partial charge in [0.15, 0.2) is 0 Å².